The fourth-order valence-electron chi connectivity index (χ4n) is 4.63. The summed E-state index contributed by atoms with van der Waals surface area (Å²) >= 11 is 0. The van der Waals surface area contributed by atoms with Gasteiger partial charge in [-0.3, -0.25) is 4.90 Å². The number of nitrogens with zero attached hydrogens (tertiary/aromatic N) is 1. The molecule has 1 saturated heterocycles. The van der Waals surface area contributed by atoms with Crippen molar-refractivity contribution in [2.75, 3.05) is 13.1 Å². The molecule has 1 aliphatic heterocycles. The van der Waals surface area contributed by atoms with Crippen LogP contribution in [0.2, 0.25) is 0 Å². The molecule has 28 heavy (non-hydrogen) atoms. The van der Waals surface area contributed by atoms with E-state index >= 15 is 0 Å². The van der Waals surface area contributed by atoms with Crippen molar-refractivity contribution in [2.24, 2.45) is 5.92 Å². The fourth-order valence-corrected chi connectivity index (χ4v) is 4.63. The van der Waals surface area contributed by atoms with Gasteiger partial charge in [-0.1, -0.05) is 91.0 Å². The Morgan fingerprint density at radius 1 is 0.643 bits per heavy atom. The van der Waals surface area contributed by atoms with Crippen molar-refractivity contribution in [1.82, 2.24) is 4.90 Å². The average Bonchev–Trinajstić information content (AvgIpc) is 2.75. The van der Waals surface area contributed by atoms with Crippen LogP contribution < -0.4 is 0 Å². The van der Waals surface area contributed by atoms with Gasteiger partial charge in [0.15, 0.2) is 0 Å². The highest BCUT2D eigenvalue weighted by Gasteiger charge is 2.28. The van der Waals surface area contributed by atoms with E-state index < -0.39 is 0 Å². The first-order valence-electron chi connectivity index (χ1n) is 10.7. The summed E-state index contributed by atoms with van der Waals surface area (Å²) in [6, 6.07) is 33.7. The molecule has 1 heteroatoms. The number of likely N-dealkylation sites (tertiary alicyclic amines) is 1. The van der Waals surface area contributed by atoms with Gasteiger partial charge >= 0.3 is 0 Å². The molecule has 3 aromatic carbocycles. The molecule has 1 heterocycles. The summed E-state index contributed by atoms with van der Waals surface area (Å²) in [5.74, 6) is 0.795. The topological polar surface area (TPSA) is 3.24 Å². The first-order chi connectivity index (χ1) is 13.9. The SMILES string of the molecule is c1ccc(CCN2CCC(Cc3ccccc3)CC2Cc2ccccc2)cc1. The highest BCUT2D eigenvalue weighted by molar-refractivity contribution is 5.18. The monoisotopic (exact) mass is 369 g/mol. The molecule has 0 amide bonds. The van der Waals surface area contributed by atoms with Crippen molar-refractivity contribution in [2.45, 2.75) is 38.1 Å². The zero-order chi connectivity index (χ0) is 19.0. The Labute approximate surface area is 170 Å². The quantitative estimate of drug-likeness (QED) is 0.509. The Bertz CT molecular complexity index is 813. The van der Waals surface area contributed by atoms with Crippen molar-refractivity contribution in [3.63, 3.8) is 0 Å². The van der Waals surface area contributed by atoms with Crippen molar-refractivity contribution >= 4 is 0 Å². The zero-order valence-corrected chi connectivity index (χ0v) is 16.7. The van der Waals surface area contributed by atoms with Crippen LogP contribution in [-0.2, 0) is 19.3 Å². The molecule has 0 saturated carbocycles. The standard InChI is InChI=1S/C27H31N/c1-4-10-23(11-5-1)16-18-28-19-17-26(20-24-12-6-2-7-13-24)22-27(28)21-25-14-8-3-9-15-25/h1-15,26-27H,16-22H2. The normalized spacial score (nSPS) is 20.1. The molecular formula is C27H31N. The van der Waals surface area contributed by atoms with Gasteiger partial charge < -0.3 is 0 Å². The van der Waals surface area contributed by atoms with Gasteiger partial charge in [0, 0.05) is 12.6 Å². The number of hydrogen-bond acceptors (Lipinski definition) is 1. The minimum Gasteiger partial charge on any atom is -0.300 e. The van der Waals surface area contributed by atoms with E-state index in [9.17, 15) is 0 Å². The van der Waals surface area contributed by atoms with Gasteiger partial charge in [-0.05, 0) is 61.3 Å². The van der Waals surface area contributed by atoms with Crippen LogP contribution in [-0.4, -0.2) is 24.0 Å². The van der Waals surface area contributed by atoms with Crippen LogP contribution in [0.5, 0.6) is 0 Å². The lowest BCUT2D eigenvalue weighted by molar-refractivity contribution is 0.112. The molecule has 3 aromatic rings. The minimum absolute atomic E-state index is 0.647. The van der Waals surface area contributed by atoms with E-state index in [-0.39, 0.29) is 0 Å². The third kappa shape index (κ3) is 5.33. The molecule has 0 aromatic heterocycles. The maximum Gasteiger partial charge on any atom is 0.0138 e. The van der Waals surface area contributed by atoms with E-state index in [0.717, 1.165) is 12.3 Å². The van der Waals surface area contributed by atoms with Crippen LogP contribution in [0.25, 0.3) is 0 Å². The summed E-state index contributed by atoms with van der Waals surface area (Å²) in [7, 11) is 0. The first-order valence-corrected chi connectivity index (χ1v) is 10.7. The maximum absolute atomic E-state index is 2.75. The lowest BCUT2D eigenvalue weighted by Gasteiger charge is -2.40. The van der Waals surface area contributed by atoms with Crippen molar-refractivity contribution in [3.8, 4) is 0 Å². The summed E-state index contributed by atoms with van der Waals surface area (Å²) in [6.07, 6.45) is 6.16. The zero-order valence-electron chi connectivity index (χ0n) is 16.7. The Morgan fingerprint density at radius 3 is 1.79 bits per heavy atom. The van der Waals surface area contributed by atoms with Crippen molar-refractivity contribution in [3.05, 3.63) is 108 Å². The summed E-state index contributed by atoms with van der Waals surface area (Å²) < 4.78 is 0. The summed E-state index contributed by atoms with van der Waals surface area (Å²) in [5.41, 5.74) is 4.41. The van der Waals surface area contributed by atoms with Crippen molar-refractivity contribution < 1.29 is 0 Å². The smallest absolute Gasteiger partial charge is 0.0138 e. The largest absolute Gasteiger partial charge is 0.300 e. The number of rotatable bonds is 7. The summed E-state index contributed by atoms with van der Waals surface area (Å²) in [4.78, 5) is 2.75. The fraction of sp³-hybridized carbons (Fsp3) is 0.333. The molecule has 0 radical (unpaired) electrons. The lowest BCUT2D eigenvalue weighted by atomic mass is 9.83. The molecule has 1 nitrogen and oxygen atoms in total. The molecule has 2 atom stereocenters. The molecule has 1 fully saturated rings. The van der Waals surface area contributed by atoms with Gasteiger partial charge in [0.1, 0.15) is 0 Å². The van der Waals surface area contributed by atoms with Crippen molar-refractivity contribution in [1.29, 1.82) is 0 Å². The summed E-state index contributed by atoms with van der Waals surface area (Å²) in [5, 5.41) is 0. The third-order valence-electron chi connectivity index (χ3n) is 6.16. The van der Waals surface area contributed by atoms with E-state index in [4.69, 9.17) is 0 Å². The number of hydrogen-bond donors (Lipinski definition) is 0. The number of piperidine rings is 1. The van der Waals surface area contributed by atoms with Gasteiger partial charge in [-0.15, -0.1) is 0 Å². The van der Waals surface area contributed by atoms with E-state index in [1.165, 1.54) is 55.5 Å². The average molecular weight is 370 g/mol. The molecule has 0 spiro atoms. The molecule has 1 aliphatic rings. The van der Waals surface area contributed by atoms with Crippen LogP contribution in [0, 0.1) is 5.92 Å². The maximum atomic E-state index is 2.75. The second-order valence-corrected chi connectivity index (χ2v) is 8.20. The third-order valence-corrected chi connectivity index (χ3v) is 6.16. The minimum atomic E-state index is 0.647. The highest BCUT2D eigenvalue weighted by atomic mass is 15.2. The van der Waals surface area contributed by atoms with Gasteiger partial charge in [-0.25, -0.2) is 0 Å². The first kappa shape index (κ1) is 19.0. The Hall–Kier alpha value is -2.38. The van der Waals surface area contributed by atoms with Gasteiger partial charge in [0.25, 0.3) is 0 Å². The van der Waals surface area contributed by atoms with Crippen LogP contribution in [0.1, 0.15) is 29.5 Å². The Balaban J connectivity index is 1.42. The molecule has 2 unspecified atom stereocenters. The molecule has 0 N–H and O–H groups in total. The molecule has 0 aliphatic carbocycles. The van der Waals surface area contributed by atoms with Gasteiger partial charge in [0.05, 0.1) is 0 Å². The van der Waals surface area contributed by atoms with Crippen LogP contribution in [0.15, 0.2) is 91.0 Å². The Morgan fingerprint density at radius 2 is 1.18 bits per heavy atom. The highest BCUT2D eigenvalue weighted by Crippen LogP contribution is 2.28. The second kappa shape index (κ2) is 9.71. The molecule has 0 bridgehead atoms. The predicted octanol–water partition coefficient (Wildman–Crippen LogP) is 5.80. The molecule has 144 valence electrons. The second-order valence-electron chi connectivity index (χ2n) is 8.20. The van der Waals surface area contributed by atoms with E-state index in [1.807, 2.05) is 0 Å². The summed E-state index contributed by atoms with van der Waals surface area (Å²) in [6.45, 7) is 2.39. The van der Waals surface area contributed by atoms with Gasteiger partial charge in [0.2, 0.25) is 0 Å². The number of benzene rings is 3. The van der Waals surface area contributed by atoms with E-state index in [0.29, 0.717) is 6.04 Å². The van der Waals surface area contributed by atoms with E-state index in [2.05, 4.69) is 95.9 Å². The van der Waals surface area contributed by atoms with Crippen LogP contribution in [0.3, 0.4) is 0 Å². The van der Waals surface area contributed by atoms with Gasteiger partial charge in [-0.2, -0.15) is 0 Å². The molecular weight excluding hydrogens is 338 g/mol. The Kier molecular flexibility index (Phi) is 6.57. The van der Waals surface area contributed by atoms with Crippen LogP contribution in [0.4, 0.5) is 0 Å². The lowest BCUT2D eigenvalue weighted by Crippen LogP contribution is -2.45. The van der Waals surface area contributed by atoms with Crippen LogP contribution >= 0.6 is 0 Å². The predicted molar refractivity (Wildman–Crippen MR) is 119 cm³/mol. The molecule has 4 rings (SSSR count). The van der Waals surface area contributed by atoms with E-state index in [1.54, 1.807) is 0 Å².